The lowest BCUT2D eigenvalue weighted by atomic mass is 9.99. The molecule has 0 aliphatic heterocycles. The van der Waals surface area contributed by atoms with E-state index in [0.717, 1.165) is 22.4 Å². The smallest absolute Gasteiger partial charge is 0.251 e. The number of ether oxygens (including phenoxy) is 1. The van der Waals surface area contributed by atoms with Gasteiger partial charge in [0.05, 0.1) is 36.2 Å². The van der Waals surface area contributed by atoms with E-state index in [1.54, 1.807) is 42.1 Å². The summed E-state index contributed by atoms with van der Waals surface area (Å²) in [5.74, 6) is 0.835. The van der Waals surface area contributed by atoms with Crippen molar-refractivity contribution in [1.29, 1.82) is 5.26 Å². The van der Waals surface area contributed by atoms with Gasteiger partial charge in [-0.25, -0.2) is 9.97 Å². The van der Waals surface area contributed by atoms with Crippen LogP contribution in [0.25, 0.3) is 22.5 Å². The highest BCUT2D eigenvalue weighted by atomic mass is 16.5. The number of hydrogen-bond donors (Lipinski definition) is 1. The van der Waals surface area contributed by atoms with Gasteiger partial charge in [-0.2, -0.15) is 5.26 Å². The van der Waals surface area contributed by atoms with Gasteiger partial charge in [-0.15, -0.1) is 0 Å². The van der Waals surface area contributed by atoms with E-state index in [1.807, 2.05) is 50.2 Å². The topological polar surface area (TPSA) is 107 Å². The summed E-state index contributed by atoms with van der Waals surface area (Å²) in [5.41, 5.74) is 10.7. The number of hydrogen-bond acceptors (Lipinski definition) is 6. The third-order valence-corrected chi connectivity index (χ3v) is 5.71. The molecule has 2 heterocycles. The van der Waals surface area contributed by atoms with Crippen molar-refractivity contribution < 1.29 is 4.74 Å². The highest BCUT2D eigenvalue weighted by Crippen LogP contribution is 2.28. The lowest BCUT2D eigenvalue weighted by Gasteiger charge is -2.17. The molecule has 0 spiro atoms. The molecule has 0 saturated carbocycles. The van der Waals surface area contributed by atoms with E-state index in [-0.39, 0.29) is 17.5 Å². The van der Waals surface area contributed by atoms with E-state index in [9.17, 15) is 10.1 Å². The molecule has 7 heteroatoms. The first-order valence-corrected chi connectivity index (χ1v) is 10.4. The van der Waals surface area contributed by atoms with Gasteiger partial charge in [-0.1, -0.05) is 24.3 Å². The lowest BCUT2D eigenvalue weighted by molar-refractivity contribution is 0.413. The van der Waals surface area contributed by atoms with Crippen LogP contribution in [0.2, 0.25) is 0 Å². The quantitative estimate of drug-likeness (QED) is 0.497. The Bertz CT molecular complexity index is 1440. The van der Waals surface area contributed by atoms with Gasteiger partial charge < -0.3 is 15.0 Å². The van der Waals surface area contributed by atoms with E-state index < -0.39 is 0 Å². The number of rotatable bonds is 5. The first-order chi connectivity index (χ1) is 15.9. The minimum atomic E-state index is -0.177. The molecule has 1 unspecified atom stereocenters. The van der Waals surface area contributed by atoms with Crippen LogP contribution >= 0.6 is 0 Å². The molecule has 2 N–H and O–H groups in total. The molecule has 0 aliphatic carbocycles. The van der Waals surface area contributed by atoms with Crippen LogP contribution in [0, 0.1) is 18.3 Å². The minimum absolute atomic E-state index is 0.0955. The van der Waals surface area contributed by atoms with Gasteiger partial charge in [0.15, 0.2) is 0 Å². The van der Waals surface area contributed by atoms with E-state index in [1.165, 1.54) is 0 Å². The average Bonchev–Trinajstić information content (AvgIpc) is 2.83. The number of nitrogens with two attached hydrogens (primary N) is 1. The van der Waals surface area contributed by atoms with Crippen molar-refractivity contribution in [2.75, 3.05) is 12.8 Å². The van der Waals surface area contributed by atoms with Crippen LogP contribution in [0.4, 0.5) is 5.95 Å². The molecule has 0 saturated heterocycles. The molecule has 164 valence electrons. The molecule has 1 atom stereocenters. The highest BCUT2D eigenvalue weighted by molar-refractivity contribution is 5.72. The van der Waals surface area contributed by atoms with Crippen molar-refractivity contribution in [3.63, 3.8) is 0 Å². The Kier molecular flexibility index (Phi) is 5.92. The van der Waals surface area contributed by atoms with Gasteiger partial charge >= 0.3 is 0 Å². The number of anilines is 1. The van der Waals surface area contributed by atoms with Crippen LogP contribution in [0.15, 0.2) is 71.7 Å². The second-order valence-electron chi connectivity index (χ2n) is 7.70. The van der Waals surface area contributed by atoms with Crippen LogP contribution < -0.4 is 16.0 Å². The van der Waals surface area contributed by atoms with Crippen molar-refractivity contribution >= 4 is 5.95 Å². The molecule has 2 aromatic carbocycles. The molecular formula is C26H23N5O2. The number of nitrogen functional groups attached to an aromatic ring is 1. The molecule has 0 fully saturated rings. The average molecular weight is 438 g/mol. The van der Waals surface area contributed by atoms with Gasteiger partial charge in [-0.3, -0.25) is 4.79 Å². The molecule has 0 bridgehead atoms. The van der Waals surface area contributed by atoms with E-state index in [4.69, 9.17) is 10.5 Å². The van der Waals surface area contributed by atoms with Crippen LogP contribution in [0.5, 0.6) is 5.75 Å². The standard InChI is InChI=1S/C26H23N5O2/c1-16-20(15-27)7-5-9-22(16)24-14-23(29-26(28)30-24)19-10-11-31(25(32)13-19)17(2)18-6-4-8-21(12-18)33-3/h4-14,17H,1-3H3,(H2,28,29,30). The molecule has 2 aromatic heterocycles. The molecule has 0 radical (unpaired) electrons. The largest absolute Gasteiger partial charge is 0.497 e. The SMILES string of the molecule is COc1cccc(C(C)n2ccc(-c3cc(-c4cccc(C#N)c4C)nc(N)n3)cc2=O)c1. The van der Waals surface area contributed by atoms with Crippen LogP contribution in [0.3, 0.4) is 0 Å². The van der Waals surface area contributed by atoms with Crippen LogP contribution in [-0.2, 0) is 0 Å². The predicted molar refractivity (Wildman–Crippen MR) is 128 cm³/mol. The zero-order valence-corrected chi connectivity index (χ0v) is 18.6. The maximum Gasteiger partial charge on any atom is 0.251 e. The first kappa shape index (κ1) is 21.8. The van der Waals surface area contributed by atoms with E-state index >= 15 is 0 Å². The lowest BCUT2D eigenvalue weighted by Crippen LogP contribution is -2.22. The predicted octanol–water partition coefficient (Wildman–Crippen LogP) is 4.35. The van der Waals surface area contributed by atoms with Gasteiger partial charge in [0, 0.05) is 23.4 Å². The normalized spacial score (nSPS) is 11.6. The number of benzene rings is 2. The maximum atomic E-state index is 13.0. The summed E-state index contributed by atoms with van der Waals surface area (Å²) < 4.78 is 6.96. The van der Waals surface area contributed by atoms with Gasteiger partial charge in [0.2, 0.25) is 5.95 Å². The Morgan fingerprint density at radius 2 is 1.82 bits per heavy atom. The van der Waals surface area contributed by atoms with Crippen molar-refractivity contribution in [3.05, 3.63) is 93.9 Å². The number of nitriles is 1. The summed E-state index contributed by atoms with van der Waals surface area (Å²) in [6.45, 7) is 3.83. The zero-order chi connectivity index (χ0) is 23.5. The number of aromatic nitrogens is 3. The number of methoxy groups -OCH3 is 1. The van der Waals surface area contributed by atoms with Crippen molar-refractivity contribution in [3.8, 4) is 34.3 Å². The summed E-state index contributed by atoms with van der Waals surface area (Å²) in [6, 6.07) is 20.3. The Balaban J connectivity index is 1.73. The third kappa shape index (κ3) is 4.32. The van der Waals surface area contributed by atoms with Crippen molar-refractivity contribution in [1.82, 2.24) is 14.5 Å². The Hall–Kier alpha value is -4.44. The number of nitrogens with zero attached hydrogens (tertiary/aromatic N) is 4. The Morgan fingerprint density at radius 1 is 1.06 bits per heavy atom. The fourth-order valence-corrected chi connectivity index (χ4v) is 3.82. The molecule has 0 aliphatic rings. The molecule has 7 nitrogen and oxygen atoms in total. The second-order valence-corrected chi connectivity index (χ2v) is 7.70. The second kappa shape index (κ2) is 8.97. The Morgan fingerprint density at radius 3 is 2.55 bits per heavy atom. The summed E-state index contributed by atoms with van der Waals surface area (Å²) in [7, 11) is 1.62. The van der Waals surface area contributed by atoms with Crippen molar-refractivity contribution in [2.24, 2.45) is 0 Å². The van der Waals surface area contributed by atoms with Gasteiger partial charge in [0.25, 0.3) is 5.56 Å². The van der Waals surface area contributed by atoms with Gasteiger partial charge in [0.1, 0.15) is 5.75 Å². The summed E-state index contributed by atoms with van der Waals surface area (Å²) in [6.07, 6.45) is 1.75. The molecule has 33 heavy (non-hydrogen) atoms. The fourth-order valence-electron chi connectivity index (χ4n) is 3.82. The van der Waals surface area contributed by atoms with Crippen molar-refractivity contribution in [2.45, 2.75) is 19.9 Å². The molecular weight excluding hydrogens is 414 g/mol. The first-order valence-electron chi connectivity index (χ1n) is 10.4. The van der Waals surface area contributed by atoms with E-state index in [2.05, 4.69) is 16.0 Å². The number of pyridine rings is 1. The summed E-state index contributed by atoms with van der Waals surface area (Å²) >= 11 is 0. The van der Waals surface area contributed by atoms with Crippen LogP contribution in [-0.4, -0.2) is 21.6 Å². The van der Waals surface area contributed by atoms with Crippen LogP contribution in [0.1, 0.15) is 29.7 Å². The maximum absolute atomic E-state index is 13.0. The minimum Gasteiger partial charge on any atom is -0.497 e. The fraction of sp³-hybridized carbons (Fsp3) is 0.154. The molecule has 0 amide bonds. The molecule has 4 rings (SSSR count). The van der Waals surface area contributed by atoms with Gasteiger partial charge in [-0.05, 0) is 55.3 Å². The highest BCUT2D eigenvalue weighted by Gasteiger charge is 2.14. The zero-order valence-electron chi connectivity index (χ0n) is 18.6. The summed E-state index contributed by atoms with van der Waals surface area (Å²) in [5, 5.41) is 9.34. The molecule has 4 aromatic rings. The van der Waals surface area contributed by atoms with E-state index in [0.29, 0.717) is 22.5 Å². The third-order valence-electron chi connectivity index (χ3n) is 5.71. The monoisotopic (exact) mass is 437 g/mol. The summed E-state index contributed by atoms with van der Waals surface area (Å²) in [4.78, 5) is 21.7. The Labute approximate surface area is 191 Å².